The molecule has 168 valence electrons. The molecule has 3 aromatic rings. The van der Waals surface area contributed by atoms with Crippen molar-refractivity contribution in [3.8, 4) is 0 Å². The molecule has 9 heteroatoms. The van der Waals surface area contributed by atoms with Gasteiger partial charge in [0, 0.05) is 54.7 Å². The van der Waals surface area contributed by atoms with E-state index in [1.54, 1.807) is 0 Å². The lowest BCUT2D eigenvalue weighted by molar-refractivity contribution is -0.0477. The lowest BCUT2D eigenvalue weighted by Gasteiger charge is -2.37. The van der Waals surface area contributed by atoms with Crippen LogP contribution in [0.15, 0.2) is 67.0 Å². The molecule has 5 nitrogen and oxygen atoms in total. The first-order chi connectivity index (χ1) is 15.0. The van der Waals surface area contributed by atoms with E-state index in [1.165, 1.54) is 0 Å². The third kappa shape index (κ3) is 2.48. The van der Waals surface area contributed by atoms with Gasteiger partial charge in [0.2, 0.25) is 0 Å². The smallest absolute Gasteiger partial charge is 0.366 e. The first-order valence-corrected chi connectivity index (χ1v) is 11.6. The van der Waals surface area contributed by atoms with Gasteiger partial charge >= 0.3 is 15.5 Å². The Morgan fingerprint density at radius 3 is 2.44 bits per heavy atom. The number of fused-ring (bicyclic) bond motifs is 3. The summed E-state index contributed by atoms with van der Waals surface area (Å²) in [6.07, 6.45) is 2.18. The molecule has 0 saturated carbocycles. The Balaban J connectivity index is 1.76. The third-order valence-electron chi connectivity index (χ3n) is 6.95. The Kier molecular flexibility index (Phi) is 4.28. The van der Waals surface area contributed by atoms with Gasteiger partial charge in [0.25, 0.3) is 0 Å². The maximum absolute atomic E-state index is 13.5. The van der Waals surface area contributed by atoms with E-state index >= 15 is 0 Å². The molecule has 1 spiro atoms. The predicted molar refractivity (Wildman–Crippen MR) is 118 cm³/mol. The van der Waals surface area contributed by atoms with E-state index in [4.69, 9.17) is 0 Å². The molecular weight excluding hydrogens is 439 g/mol. The minimum absolute atomic E-state index is 0.0374. The Hall–Kier alpha value is -2.94. The molecular formula is C23H22F3N3O2S. The number of likely N-dealkylation sites (N-methyl/N-ethyl adjacent to an activating group) is 1. The molecule has 1 aromatic heterocycles. The number of rotatable bonds is 2. The number of halogens is 3. The molecule has 2 aliphatic heterocycles. The van der Waals surface area contributed by atoms with Gasteiger partial charge in [-0.05, 0) is 24.1 Å². The molecule has 32 heavy (non-hydrogen) atoms. The number of anilines is 1. The molecule has 0 unspecified atom stereocenters. The van der Waals surface area contributed by atoms with Gasteiger partial charge in [0.05, 0.1) is 11.5 Å². The zero-order valence-corrected chi connectivity index (χ0v) is 18.4. The van der Waals surface area contributed by atoms with Crippen LogP contribution >= 0.6 is 0 Å². The van der Waals surface area contributed by atoms with Crippen molar-refractivity contribution in [2.24, 2.45) is 7.05 Å². The molecule has 1 fully saturated rings. The highest BCUT2D eigenvalue weighted by Crippen LogP contribution is 2.62. The fourth-order valence-electron chi connectivity index (χ4n) is 5.59. The van der Waals surface area contributed by atoms with Crippen molar-refractivity contribution in [2.45, 2.75) is 23.4 Å². The Morgan fingerprint density at radius 1 is 1.06 bits per heavy atom. The van der Waals surface area contributed by atoms with Gasteiger partial charge in [-0.3, -0.25) is 4.31 Å². The SMILES string of the molecule is C=C1N(S(=O)(=O)C(F)(F)F)CC[C@@]12c1ccccc1N(C)[C@@H]2c1cn(C)c2ccccc12. The normalized spacial score (nSPS) is 23.5. The van der Waals surface area contributed by atoms with Crippen LogP contribution in [0.3, 0.4) is 0 Å². The van der Waals surface area contributed by atoms with Crippen LogP contribution in [0.1, 0.15) is 23.6 Å². The largest absolute Gasteiger partial charge is 0.516 e. The summed E-state index contributed by atoms with van der Waals surface area (Å²) in [4.78, 5) is 2.03. The molecule has 0 bridgehead atoms. The third-order valence-corrected chi connectivity index (χ3v) is 8.52. The molecule has 0 aliphatic carbocycles. The maximum atomic E-state index is 13.5. The number of sulfonamides is 1. The second kappa shape index (κ2) is 6.54. The first-order valence-electron chi connectivity index (χ1n) is 10.2. The fourth-order valence-corrected chi connectivity index (χ4v) is 6.63. The van der Waals surface area contributed by atoms with E-state index in [0.717, 1.165) is 27.7 Å². The van der Waals surface area contributed by atoms with E-state index in [0.29, 0.717) is 4.31 Å². The van der Waals surface area contributed by atoms with Gasteiger partial charge in [-0.2, -0.15) is 21.6 Å². The van der Waals surface area contributed by atoms with E-state index in [9.17, 15) is 21.6 Å². The van der Waals surface area contributed by atoms with Gasteiger partial charge in [-0.15, -0.1) is 0 Å². The molecule has 1 saturated heterocycles. The van der Waals surface area contributed by atoms with Crippen molar-refractivity contribution in [3.05, 3.63) is 78.1 Å². The summed E-state index contributed by atoms with van der Waals surface area (Å²) in [5, 5.41) is 0.976. The van der Waals surface area contributed by atoms with E-state index in [1.807, 2.05) is 78.3 Å². The van der Waals surface area contributed by atoms with E-state index in [2.05, 4.69) is 6.58 Å². The number of hydrogen-bond acceptors (Lipinski definition) is 3. The monoisotopic (exact) mass is 461 g/mol. The average Bonchev–Trinajstić information content (AvgIpc) is 3.34. The topological polar surface area (TPSA) is 45.6 Å². The van der Waals surface area contributed by atoms with Crippen molar-refractivity contribution >= 4 is 26.6 Å². The standard InChI is InChI=1S/C23H22F3N3O2S/c1-15-22(12-13-29(15)32(30,31)23(24,25)26)18-9-5-7-11-20(18)28(3)21(22)17-14-27(2)19-10-6-4-8-16(17)19/h4-11,14,21H,1,12-13H2,2-3H3/t21-,22+/m1/s1. The van der Waals surface area contributed by atoms with Crippen molar-refractivity contribution in [1.82, 2.24) is 8.87 Å². The van der Waals surface area contributed by atoms with Crippen LogP contribution in [0.4, 0.5) is 18.9 Å². The quantitative estimate of drug-likeness (QED) is 0.557. The Morgan fingerprint density at radius 2 is 1.72 bits per heavy atom. The minimum Gasteiger partial charge on any atom is -0.366 e. The zero-order valence-electron chi connectivity index (χ0n) is 17.6. The van der Waals surface area contributed by atoms with E-state index < -0.39 is 27.0 Å². The number of aromatic nitrogens is 1. The van der Waals surface area contributed by atoms with Gasteiger partial charge in [0.1, 0.15) is 0 Å². The number of hydrogen-bond donors (Lipinski definition) is 0. The highest BCUT2D eigenvalue weighted by Gasteiger charge is 2.62. The van der Waals surface area contributed by atoms with Crippen molar-refractivity contribution in [1.29, 1.82) is 0 Å². The van der Waals surface area contributed by atoms with Crippen LogP contribution in [0.25, 0.3) is 10.9 Å². The van der Waals surface area contributed by atoms with Crippen molar-refractivity contribution in [3.63, 3.8) is 0 Å². The first kappa shape index (κ1) is 20.9. The minimum atomic E-state index is -5.54. The second-order valence-electron chi connectivity index (χ2n) is 8.43. The number of benzene rings is 2. The van der Waals surface area contributed by atoms with Crippen LogP contribution < -0.4 is 4.90 Å². The molecule has 2 aromatic carbocycles. The average molecular weight is 462 g/mol. The van der Waals surface area contributed by atoms with Gasteiger partial charge in [-0.25, -0.2) is 0 Å². The summed E-state index contributed by atoms with van der Waals surface area (Å²) in [6.45, 7) is 3.69. The molecule has 2 atom stereocenters. The second-order valence-corrected chi connectivity index (χ2v) is 10.3. The summed E-state index contributed by atoms with van der Waals surface area (Å²) in [6, 6.07) is 14.9. The van der Waals surface area contributed by atoms with Crippen molar-refractivity contribution < 1.29 is 21.6 Å². The summed E-state index contributed by atoms with van der Waals surface area (Å²) in [5.41, 5.74) is -2.86. The van der Waals surface area contributed by atoms with Crippen LogP contribution in [0.2, 0.25) is 0 Å². The summed E-state index contributed by atoms with van der Waals surface area (Å²) >= 11 is 0. The molecule has 0 radical (unpaired) electrons. The van der Waals surface area contributed by atoms with Crippen LogP contribution in [-0.2, 0) is 22.5 Å². The van der Waals surface area contributed by atoms with Gasteiger partial charge in [-0.1, -0.05) is 43.0 Å². The highest BCUT2D eigenvalue weighted by molar-refractivity contribution is 7.90. The molecule has 2 aliphatic rings. The lowest BCUT2D eigenvalue weighted by Crippen LogP contribution is -2.41. The van der Waals surface area contributed by atoms with Gasteiger partial charge < -0.3 is 9.47 Å². The Bertz CT molecular complexity index is 1360. The number of para-hydroxylation sites is 2. The maximum Gasteiger partial charge on any atom is 0.516 e. The highest BCUT2D eigenvalue weighted by atomic mass is 32.2. The molecule has 3 heterocycles. The fraction of sp³-hybridized carbons (Fsp3) is 0.304. The summed E-state index contributed by atoms with van der Waals surface area (Å²) < 4.78 is 67.6. The van der Waals surface area contributed by atoms with Gasteiger partial charge in [0.15, 0.2) is 0 Å². The van der Waals surface area contributed by atoms with E-state index in [-0.39, 0.29) is 18.7 Å². The zero-order chi connectivity index (χ0) is 23.1. The summed E-state index contributed by atoms with van der Waals surface area (Å²) in [7, 11) is -1.72. The lowest BCUT2D eigenvalue weighted by atomic mass is 9.71. The number of aryl methyl sites for hydroxylation is 1. The van der Waals surface area contributed by atoms with Crippen LogP contribution in [0.5, 0.6) is 0 Å². The molecule has 5 rings (SSSR count). The molecule has 0 N–H and O–H groups in total. The van der Waals surface area contributed by atoms with Crippen LogP contribution in [0, 0.1) is 0 Å². The molecule has 0 amide bonds. The number of nitrogens with zero attached hydrogens (tertiary/aromatic N) is 3. The predicted octanol–water partition coefficient (Wildman–Crippen LogP) is 4.68. The number of alkyl halides is 3. The van der Waals surface area contributed by atoms with Crippen molar-refractivity contribution in [2.75, 3.05) is 18.5 Å². The Labute approximate surface area is 184 Å². The summed E-state index contributed by atoms with van der Waals surface area (Å²) in [5.74, 6) is 0. The van der Waals surface area contributed by atoms with Crippen LogP contribution in [-0.4, -0.2) is 36.4 Å².